The van der Waals surface area contributed by atoms with Crippen molar-refractivity contribution in [3.63, 3.8) is 0 Å². The van der Waals surface area contributed by atoms with Crippen molar-refractivity contribution in [3.05, 3.63) is 28.6 Å². The Labute approximate surface area is 196 Å². The Balaban J connectivity index is 1.69. The van der Waals surface area contributed by atoms with Gasteiger partial charge in [0.25, 0.3) is 0 Å². The fraction of sp³-hybridized carbons (Fsp3) is 0.435. The monoisotopic (exact) mass is 467 g/mol. The summed E-state index contributed by atoms with van der Waals surface area (Å²) >= 11 is 1.59. The third-order valence-corrected chi connectivity index (χ3v) is 6.29. The zero-order valence-corrected chi connectivity index (χ0v) is 20.1. The van der Waals surface area contributed by atoms with Crippen LogP contribution in [-0.4, -0.2) is 56.0 Å². The van der Waals surface area contributed by atoms with Gasteiger partial charge in [-0.2, -0.15) is 4.98 Å². The van der Waals surface area contributed by atoms with E-state index >= 15 is 0 Å². The molecular weight excluding hydrogens is 438 g/mol. The maximum Gasteiger partial charge on any atom is 0.240 e. The molecule has 1 unspecified atom stereocenters. The van der Waals surface area contributed by atoms with Gasteiger partial charge in [-0.25, -0.2) is 9.67 Å². The van der Waals surface area contributed by atoms with Gasteiger partial charge in [0.2, 0.25) is 5.95 Å². The molecule has 3 aromatic rings. The number of aliphatic imine (C=N–C) groups is 1. The summed E-state index contributed by atoms with van der Waals surface area (Å²) in [6.07, 6.45) is 3.77. The molecule has 10 heteroatoms. The van der Waals surface area contributed by atoms with E-state index in [1.165, 1.54) is 6.21 Å². The predicted octanol–water partition coefficient (Wildman–Crippen LogP) is 3.74. The average molecular weight is 468 g/mol. The van der Waals surface area contributed by atoms with Crippen LogP contribution in [0.3, 0.4) is 0 Å². The molecule has 9 nitrogen and oxygen atoms in total. The second-order valence-corrected chi connectivity index (χ2v) is 10.1. The highest BCUT2D eigenvalue weighted by molar-refractivity contribution is 7.15. The maximum absolute atomic E-state index is 9.88. The first-order chi connectivity index (χ1) is 15.7. The van der Waals surface area contributed by atoms with Crippen LogP contribution >= 0.6 is 11.3 Å². The van der Waals surface area contributed by atoms with Gasteiger partial charge >= 0.3 is 0 Å². The summed E-state index contributed by atoms with van der Waals surface area (Å²) in [5.41, 5.74) is 7.67. The van der Waals surface area contributed by atoms with E-state index in [4.69, 9.17) is 20.9 Å². The Hall–Kier alpha value is -3.11. The number of anilines is 1. The molecule has 1 atom stereocenters. The summed E-state index contributed by atoms with van der Waals surface area (Å²) in [6, 6.07) is 6.02. The number of ether oxygens (including phenoxy) is 1. The minimum Gasteiger partial charge on any atom is -0.492 e. The van der Waals surface area contributed by atoms with Crippen LogP contribution < -0.4 is 10.5 Å². The number of thiazole rings is 1. The highest BCUT2D eigenvalue weighted by atomic mass is 32.1. The summed E-state index contributed by atoms with van der Waals surface area (Å²) in [7, 11) is 0. The van der Waals surface area contributed by atoms with E-state index in [1.54, 1.807) is 36.1 Å². The quantitative estimate of drug-likeness (QED) is 0.453. The normalized spacial score (nSPS) is 14.6. The lowest BCUT2D eigenvalue weighted by atomic mass is 9.98. The van der Waals surface area contributed by atoms with E-state index in [9.17, 15) is 5.11 Å². The van der Waals surface area contributed by atoms with Gasteiger partial charge in [-0.1, -0.05) is 6.07 Å². The van der Waals surface area contributed by atoms with Crippen LogP contribution in [0.2, 0.25) is 0 Å². The van der Waals surface area contributed by atoms with E-state index < -0.39 is 5.60 Å². The molecule has 2 aromatic heterocycles. The zero-order valence-electron chi connectivity index (χ0n) is 19.2. The molecule has 0 aliphatic carbocycles. The van der Waals surface area contributed by atoms with Gasteiger partial charge in [-0.15, -0.1) is 16.4 Å². The van der Waals surface area contributed by atoms with E-state index in [-0.39, 0.29) is 24.5 Å². The molecule has 1 aromatic carbocycles. The molecule has 0 bridgehead atoms. The molecule has 0 amide bonds. The van der Waals surface area contributed by atoms with Gasteiger partial charge < -0.3 is 21.0 Å². The zero-order chi connectivity index (χ0) is 23.8. The molecule has 4 N–H and O–H groups in total. The Kier molecular flexibility index (Phi) is 6.31. The number of fused-ring (bicyclic) bond motifs is 3. The molecular formula is C23H29N7O2S. The van der Waals surface area contributed by atoms with Gasteiger partial charge in [0, 0.05) is 35.3 Å². The average Bonchev–Trinajstić information content (AvgIpc) is 3.30. The third-order valence-electron chi connectivity index (χ3n) is 5.18. The molecule has 0 saturated heterocycles. The number of nitrogen functional groups attached to an aromatic ring is 1. The van der Waals surface area contributed by atoms with Crippen LogP contribution in [0.25, 0.3) is 22.1 Å². The number of nitrogens with two attached hydrogens (primary N) is 1. The minimum absolute atomic E-state index is 0.114. The van der Waals surface area contributed by atoms with Crippen molar-refractivity contribution in [3.8, 4) is 27.8 Å². The second kappa shape index (κ2) is 9.03. The SMILES string of the molecule is CC(C)n1nc(N)nc1-c1nc2c(s1)CCOc1cc(C(C=N)C=NCC(C)(C)O)ccc1-2. The number of hydrogen-bond donors (Lipinski definition) is 3. The number of hydrogen-bond acceptors (Lipinski definition) is 9. The number of rotatable bonds is 7. The number of aliphatic hydroxyl groups is 1. The largest absolute Gasteiger partial charge is 0.492 e. The van der Waals surface area contributed by atoms with Gasteiger partial charge in [0.15, 0.2) is 10.8 Å². The van der Waals surface area contributed by atoms with Gasteiger partial charge in [0.1, 0.15) is 5.75 Å². The lowest BCUT2D eigenvalue weighted by molar-refractivity contribution is 0.0905. The van der Waals surface area contributed by atoms with Crippen molar-refractivity contribution in [1.29, 1.82) is 5.41 Å². The van der Waals surface area contributed by atoms with Crippen molar-refractivity contribution in [2.24, 2.45) is 4.99 Å². The summed E-state index contributed by atoms with van der Waals surface area (Å²) in [5.74, 6) is 1.34. The lowest BCUT2D eigenvalue weighted by Crippen LogP contribution is -2.23. The van der Waals surface area contributed by atoms with Crippen LogP contribution in [0.4, 0.5) is 5.95 Å². The number of nitrogens with one attached hydrogen (secondary N) is 1. The van der Waals surface area contributed by atoms with Crippen molar-refractivity contribution < 1.29 is 9.84 Å². The Morgan fingerprint density at radius 3 is 2.85 bits per heavy atom. The number of aromatic nitrogens is 4. The molecule has 3 heterocycles. The first kappa shape index (κ1) is 23.1. The standard InChI is InChI=1S/C23H29N7O2S/c1-13(2)30-20(28-22(25)29-30)21-27-19-16-6-5-14(9-17(16)32-8-7-18(19)33-21)15(10-24)11-26-12-23(3,4)31/h5-6,9-11,13,15,24,31H,7-8,12H2,1-4H3,(H2,25,29). The van der Waals surface area contributed by atoms with E-state index in [2.05, 4.69) is 15.1 Å². The van der Waals surface area contributed by atoms with Crippen LogP contribution in [0.15, 0.2) is 23.2 Å². The molecule has 1 aliphatic heterocycles. The summed E-state index contributed by atoms with van der Waals surface area (Å²) in [6.45, 7) is 8.29. The van der Waals surface area contributed by atoms with Crippen molar-refractivity contribution in [1.82, 2.24) is 19.7 Å². The molecule has 0 saturated carbocycles. The summed E-state index contributed by atoms with van der Waals surface area (Å²) < 4.78 is 7.85. The van der Waals surface area contributed by atoms with Crippen molar-refractivity contribution >= 4 is 29.7 Å². The van der Waals surface area contributed by atoms with Crippen molar-refractivity contribution in [2.45, 2.75) is 51.7 Å². The molecule has 4 rings (SSSR count). The predicted molar refractivity (Wildman–Crippen MR) is 132 cm³/mol. The molecule has 0 spiro atoms. The van der Waals surface area contributed by atoms with Gasteiger partial charge in [-0.05, 0) is 45.4 Å². The fourth-order valence-electron chi connectivity index (χ4n) is 3.60. The molecule has 33 heavy (non-hydrogen) atoms. The summed E-state index contributed by atoms with van der Waals surface area (Å²) in [5, 5.41) is 22.8. The second-order valence-electron chi connectivity index (χ2n) is 8.97. The van der Waals surface area contributed by atoms with Gasteiger partial charge in [-0.3, -0.25) is 4.99 Å². The fourth-order valence-corrected chi connectivity index (χ4v) is 4.64. The lowest BCUT2D eigenvalue weighted by Gasteiger charge is -2.15. The Morgan fingerprint density at radius 1 is 1.36 bits per heavy atom. The summed E-state index contributed by atoms with van der Waals surface area (Å²) in [4.78, 5) is 14.8. The van der Waals surface area contributed by atoms with Crippen LogP contribution in [0.5, 0.6) is 5.75 Å². The Bertz CT molecular complexity index is 1190. The van der Waals surface area contributed by atoms with Crippen LogP contribution in [0.1, 0.15) is 50.1 Å². The molecule has 0 radical (unpaired) electrons. The highest BCUT2D eigenvalue weighted by Crippen LogP contribution is 2.41. The van der Waals surface area contributed by atoms with Crippen molar-refractivity contribution in [2.75, 3.05) is 18.9 Å². The topological polar surface area (TPSA) is 135 Å². The van der Waals surface area contributed by atoms with E-state index in [0.717, 1.165) is 38.9 Å². The third kappa shape index (κ3) is 4.96. The van der Waals surface area contributed by atoms with E-state index in [1.807, 2.05) is 32.0 Å². The first-order valence-electron chi connectivity index (χ1n) is 10.9. The molecule has 1 aliphatic rings. The van der Waals surface area contributed by atoms with Gasteiger partial charge in [0.05, 0.1) is 30.4 Å². The highest BCUT2D eigenvalue weighted by Gasteiger charge is 2.25. The minimum atomic E-state index is -0.886. The first-order valence-corrected chi connectivity index (χ1v) is 11.7. The van der Waals surface area contributed by atoms with E-state index in [0.29, 0.717) is 12.4 Å². The molecule has 174 valence electrons. The number of benzene rings is 1. The maximum atomic E-state index is 9.88. The smallest absolute Gasteiger partial charge is 0.240 e. The number of nitrogens with zero attached hydrogens (tertiary/aromatic N) is 5. The van der Waals surface area contributed by atoms with Crippen LogP contribution in [-0.2, 0) is 6.42 Å². The van der Waals surface area contributed by atoms with Crippen LogP contribution in [0, 0.1) is 5.41 Å². The Morgan fingerprint density at radius 2 is 2.15 bits per heavy atom. The molecule has 0 fully saturated rings.